The molecule has 2 saturated heterocycles. The Morgan fingerprint density at radius 1 is 1.08 bits per heavy atom. The third-order valence-electron chi connectivity index (χ3n) is 8.07. The van der Waals surface area contributed by atoms with Crippen LogP contribution in [0.5, 0.6) is 0 Å². The molecular formula is C29H33N5O3. The zero-order valence-corrected chi connectivity index (χ0v) is 20.9. The van der Waals surface area contributed by atoms with Crippen LogP contribution in [0.3, 0.4) is 0 Å². The number of piperazine rings is 1. The summed E-state index contributed by atoms with van der Waals surface area (Å²) in [5.74, 6) is -0.0496. The highest BCUT2D eigenvalue weighted by atomic mass is 16.6. The molecule has 2 aliphatic heterocycles. The van der Waals surface area contributed by atoms with Crippen molar-refractivity contribution in [3.8, 4) is 11.3 Å². The van der Waals surface area contributed by atoms with Crippen LogP contribution in [0.4, 0.5) is 4.79 Å². The Hall–Kier alpha value is -3.65. The lowest BCUT2D eigenvalue weighted by molar-refractivity contribution is -0.0159. The number of carbonyl (C=O) groups excluding carboxylic acids is 2. The average Bonchev–Trinajstić information content (AvgIpc) is 3.54. The van der Waals surface area contributed by atoms with Gasteiger partial charge in [0.2, 0.25) is 0 Å². The molecule has 6 rings (SSSR count). The van der Waals surface area contributed by atoms with Crippen LogP contribution in [-0.4, -0.2) is 64.3 Å². The summed E-state index contributed by atoms with van der Waals surface area (Å²) in [6.45, 7) is 2.61. The van der Waals surface area contributed by atoms with Crippen LogP contribution in [0, 0.1) is 0 Å². The first-order valence-electron chi connectivity index (χ1n) is 13.3. The number of benzene rings is 2. The first-order valence-corrected chi connectivity index (χ1v) is 13.3. The number of nitrogens with zero attached hydrogens (tertiary/aromatic N) is 3. The SMILES string of the molecule is O=C1NCC2(CCCC[C@@H]2n2cnc(C(=O)N3CCNC[C@H]3Cc3ccccc3)c2-c2ccccc2)O1. The van der Waals surface area contributed by atoms with Crippen molar-refractivity contribution in [1.29, 1.82) is 0 Å². The van der Waals surface area contributed by atoms with Gasteiger partial charge in [-0.15, -0.1) is 0 Å². The van der Waals surface area contributed by atoms with Gasteiger partial charge in [0, 0.05) is 31.2 Å². The van der Waals surface area contributed by atoms with Crippen LogP contribution in [0.2, 0.25) is 0 Å². The number of hydrogen-bond acceptors (Lipinski definition) is 5. The highest BCUT2D eigenvalue weighted by molar-refractivity contribution is 5.98. The Morgan fingerprint density at radius 3 is 2.62 bits per heavy atom. The number of amides is 2. The monoisotopic (exact) mass is 499 g/mol. The van der Waals surface area contributed by atoms with Gasteiger partial charge in [-0.3, -0.25) is 4.79 Å². The second kappa shape index (κ2) is 10.0. The molecule has 2 amide bonds. The minimum absolute atomic E-state index is 0.0402. The fourth-order valence-corrected chi connectivity index (χ4v) is 6.26. The van der Waals surface area contributed by atoms with E-state index in [1.807, 2.05) is 53.4 Å². The summed E-state index contributed by atoms with van der Waals surface area (Å²) in [5.41, 5.74) is 2.80. The first kappa shape index (κ1) is 23.7. The number of nitrogens with one attached hydrogen (secondary N) is 2. The van der Waals surface area contributed by atoms with Crippen LogP contribution in [0.25, 0.3) is 11.3 Å². The van der Waals surface area contributed by atoms with Crippen molar-refractivity contribution < 1.29 is 14.3 Å². The topological polar surface area (TPSA) is 88.5 Å². The van der Waals surface area contributed by atoms with Crippen LogP contribution in [-0.2, 0) is 11.2 Å². The van der Waals surface area contributed by atoms with E-state index < -0.39 is 5.60 Å². The Labute approximate surface area is 217 Å². The zero-order chi connectivity index (χ0) is 25.2. The van der Waals surface area contributed by atoms with Gasteiger partial charge < -0.3 is 24.8 Å². The van der Waals surface area contributed by atoms with Gasteiger partial charge >= 0.3 is 6.09 Å². The predicted molar refractivity (Wildman–Crippen MR) is 140 cm³/mol. The maximum Gasteiger partial charge on any atom is 0.407 e. The summed E-state index contributed by atoms with van der Waals surface area (Å²) in [4.78, 5) is 33.0. The summed E-state index contributed by atoms with van der Waals surface area (Å²) in [5, 5.41) is 6.33. The molecule has 3 fully saturated rings. The maximum absolute atomic E-state index is 14.2. The third-order valence-corrected chi connectivity index (χ3v) is 8.07. The Balaban J connectivity index is 1.39. The predicted octanol–water partition coefficient (Wildman–Crippen LogP) is 3.80. The lowest BCUT2D eigenvalue weighted by Crippen LogP contribution is -2.54. The first-order chi connectivity index (χ1) is 18.1. The summed E-state index contributed by atoms with van der Waals surface area (Å²) in [6.07, 6.45) is 5.91. The van der Waals surface area contributed by atoms with E-state index in [2.05, 4.69) is 27.3 Å². The van der Waals surface area contributed by atoms with E-state index in [0.29, 0.717) is 18.8 Å². The second-order valence-electron chi connectivity index (χ2n) is 10.3. The molecular weight excluding hydrogens is 466 g/mol. The molecule has 2 aromatic carbocycles. The number of imidazole rings is 1. The molecule has 37 heavy (non-hydrogen) atoms. The number of alkyl carbamates (subject to hydrolysis) is 1. The summed E-state index contributed by atoms with van der Waals surface area (Å²) in [7, 11) is 0. The average molecular weight is 500 g/mol. The minimum atomic E-state index is -0.620. The van der Waals surface area contributed by atoms with Crippen molar-refractivity contribution >= 4 is 12.0 Å². The fourth-order valence-electron chi connectivity index (χ4n) is 6.26. The molecule has 1 unspecified atom stereocenters. The molecule has 1 aliphatic carbocycles. The van der Waals surface area contributed by atoms with E-state index in [-0.39, 0.29) is 24.1 Å². The van der Waals surface area contributed by atoms with E-state index in [0.717, 1.165) is 56.5 Å². The Morgan fingerprint density at radius 2 is 1.86 bits per heavy atom. The van der Waals surface area contributed by atoms with Crippen molar-refractivity contribution in [3.63, 3.8) is 0 Å². The van der Waals surface area contributed by atoms with Gasteiger partial charge in [-0.1, -0.05) is 67.1 Å². The normalized spacial score (nSPS) is 25.6. The highest BCUT2D eigenvalue weighted by Crippen LogP contribution is 2.44. The van der Waals surface area contributed by atoms with Crippen LogP contribution in [0.15, 0.2) is 67.0 Å². The number of hydrogen-bond donors (Lipinski definition) is 2. The summed E-state index contributed by atoms with van der Waals surface area (Å²) >= 11 is 0. The molecule has 3 atom stereocenters. The van der Waals surface area contributed by atoms with Crippen LogP contribution in [0.1, 0.15) is 47.8 Å². The highest BCUT2D eigenvalue weighted by Gasteiger charge is 2.50. The lowest BCUT2D eigenvalue weighted by Gasteiger charge is -2.40. The van der Waals surface area contributed by atoms with Crippen LogP contribution >= 0.6 is 0 Å². The van der Waals surface area contributed by atoms with Gasteiger partial charge in [0.1, 0.15) is 0 Å². The molecule has 2 N–H and O–H groups in total. The molecule has 3 aliphatic rings. The van der Waals surface area contributed by atoms with Gasteiger partial charge in [0.15, 0.2) is 11.3 Å². The molecule has 1 saturated carbocycles. The van der Waals surface area contributed by atoms with E-state index in [1.54, 1.807) is 6.33 Å². The smallest absolute Gasteiger partial charge is 0.407 e. The van der Waals surface area contributed by atoms with Crippen molar-refractivity contribution in [2.75, 3.05) is 26.2 Å². The summed E-state index contributed by atoms with van der Waals surface area (Å²) in [6, 6.07) is 20.3. The van der Waals surface area contributed by atoms with E-state index in [1.165, 1.54) is 5.56 Å². The van der Waals surface area contributed by atoms with Crippen molar-refractivity contribution in [3.05, 3.63) is 78.2 Å². The van der Waals surface area contributed by atoms with E-state index >= 15 is 0 Å². The van der Waals surface area contributed by atoms with Gasteiger partial charge in [0.05, 0.1) is 24.6 Å². The molecule has 8 nitrogen and oxygen atoms in total. The molecule has 0 bridgehead atoms. The Kier molecular flexibility index (Phi) is 6.42. The second-order valence-corrected chi connectivity index (χ2v) is 10.3. The van der Waals surface area contributed by atoms with E-state index in [9.17, 15) is 9.59 Å². The number of carbonyl (C=O) groups is 2. The molecule has 1 spiro atoms. The largest absolute Gasteiger partial charge is 0.439 e. The zero-order valence-electron chi connectivity index (χ0n) is 20.9. The van der Waals surface area contributed by atoms with Gasteiger partial charge in [0.25, 0.3) is 5.91 Å². The van der Waals surface area contributed by atoms with Gasteiger partial charge in [-0.05, 0) is 31.2 Å². The van der Waals surface area contributed by atoms with Gasteiger partial charge in [-0.2, -0.15) is 0 Å². The number of ether oxygens (including phenoxy) is 1. The molecule has 0 radical (unpaired) electrons. The van der Waals surface area contributed by atoms with Crippen LogP contribution < -0.4 is 10.6 Å². The van der Waals surface area contributed by atoms with Crippen molar-refractivity contribution in [1.82, 2.24) is 25.1 Å². The Bertz CT molecular complexity index is 1260. The molecule has 3 heterocycles. The van der Waals surface area contributed by atoms with E-state index in [4.69, 9.17) is 9.72 Å². The molecule has 3 aromatic rings. The fraction of sp³-hybridized carbons (Fsp3) is 0.414. The molecule has 1 aromatic heterocycles. The van der Waals surface area contributed by atoms with Crippen molar-refractivity contribution in [2.45, 2.75) is 49.8 Å². The number of aromatic nitrogens is 2. The standard InChI is InChI=1S/C29H33N5O3/c35-27(33-16-15-30-18-23(33)17-21-9-3-1-4-10-21)25-26(22-11-5-2-6-12-22)34(20-32-25)24-13-7-8-14-29(24)19-31-28(36)37-29/h1-6,9-12,20,23-24,30H,7-8,13-19H2,(H,31,36)/t23-,24+,29?/m1/s1. The summed E-state index contributed by atoms with van der Waals surface area (Å²) < 4.78 is 8.02. The quantitative estimate of drug-likeness (QED) is 0.558. The molecule has 8 heteroatoms. The third kappa shape index (κ3) is 4.50. The maximum atomic E-state index is 14.2. The number of rotatable bonds is 5. The lowest BCUT2D eigenvalue weighted by atomic mass is 9.80. The molecule has 192 valence electrons. The van der Waals surface area contributed by atoms with Gasteiger partial charge in [-0.25, -0.2) is 9.78 Å². The van der Waals surface area contributed by atoms with Crippen molar-refractivity contribution in [2.24, 2.45) is 0 Å². The minimum Gasteiger partial charge on any atom is -0.439 e.